The molecule has 1 fully saturated rings. The maximum atomic E-state index is 5.76. The third-order valence-corrected chi connectivity index (χ3v) is 4.30. The van der Waals surface area contributed by atoms with E-state index >= 15 is 0 Å². The molecule has 112 valence electrons. The molecule has 2 nitrogen and oxygen atoms in total. The highest BCUT2D eigenvalue weighted by Gasteiger charge is 2.17. The molecule has 2 aliphatic rings. The largest absolute Gasteiger partial charge is 0.494 e. The summed E-state index contributed by atoms with van der Waals surface area (Å²) < 4.78 is 5.76. The van der Waals surface area contributed by atoms with E-state index in [1.54, 1.807) is 0 Å². The quantitative estimate of drug-likeness (QED) is 0.703. The lowest BCUT2D eigenvalue weighted by Crippen LogP contribution is -2.27. The molecule has 20 heavy (non-hydrogen) atoms. The summed E-state index contributed by atoms with van der Waals surface area (Å²) >= 11 is 0. The van der Waals surface area contributed by atoms with Crippen molar-refractivity contribution in [1.29, 1.82) is 0 Å². The molecule has 0 heterocycles. The van der Waals surface area contributed by atoms with Gasteiger partial charge < -0.3 is 10.1 Å². The second-order valence-corrected chi connectivity index (χ2v) is 6.16. The van der Waals surface area contributed by atoms with Gasteiger partial charge in [0.2, 0.25) is 0 Å². The van der Waals surface area contributed by atoms with E-state index in [2.05, 4.69) is 30.5 Å². The standard InChI is InChI=1S/C18H29NO/c1-16-9-11-17(12-10-16)15-19-13-6-14-20-18-7-4-2-3-5-8-18/h2-4,7-8,16-17,19H,5-6,9-15H2,1H3. The molecule has 0 unspecified atom stereocenters. The third-order valence-electron chi connectivity index (χ3n) is 4.30. The Kier molecular flexibility index (Phi) is 6.93. The van der Waals surface area contributed by atoms with Crippen LogP contribution in [-0.2, 0) is 4.74 Å². The van der Waals surface area contributed by atoms with Crippen molar-refractivity contribution in [3.8, 4) is 0 Å². The minimum absolute atomic E-state index is 0.810. The minimum Gasteiger partial charge on any atom is -0.494 e. The molecule has 2 aliphatic carbocycles. The molecule has 0 amide bonds. The summed E-state index contributed by atoms with van der Waals surface area (Å²) in [5.41, 5.74) is 0. The zero-order chi connectivity index (χ0) is 14.0. The van der Waals surface area contributed by atoms with Gasteiger partial charge in [-0.25, -0.2) is 0 Å². The van der Waals surface area contributed by atoms with E-state index in [4.69, 9.17) is 4.74 Å². The first kappa shape index (κ1) is 15.4. The first-order valence-electron chi connectivity index (χ1n) is 8.21. The minimum atomic E-state index is 0.810. The molecule has 0 aromatic heterocycles. The van der Waals surface area contributed by atoms with Crippen molar-refractivity contribution < 1.29 is 4.74 Å². The van der Waals surface area contributed by atoms with E-state index in [0.29, 0.717) is 0 Å². The van der Waals surface area contributed by atoms with Gasteiger partial charge in [0.15, 0.2) is 0 Å². The van der Waals surface area contributed by atoms with Crippen LogP contribution in [0, 0.1) is 11.8 Å². The zero-order valence-electron chi connectivity index (χ0n) is 12.8. The number of hydrogen-bond donors (Lipinski definition) is 1. The Morgan fingerprint density at radius 1 is 1.20 bits per heavy atom. The van der Waals surface area contributed by atoms with Gasteiger partial charge in [0.25, 0.3) is 0 Å². The Morgan fingerprint density at radius 3 is 2.90 bits per heavy atom. The van der Waals surface area contributed by atoms with Crippen molar-refractivity contribution in [2.75, 3.05) is 19.7 Å². The maximum Gasteiger partial charge on any atom is 0.115 e. The van der Waals surface area contributed by atoms with Gasteiger partial charge in [0.05, 0.1) is 6.61 Å². The van der Waals surface area contributed by atoms with Crippen LogP contribution in [0.5, 0.6) is 0 Å². The molecule has 2 rings (SSSR count). The van der Waals surface area contributed by atoms with Gasteiger partial charge in [0, 0.05) is 0 Å². The van der Waals surface area contributed by atoms with Crippen molar-refractivity contribution in [2.45, 2.75) is 45.4 Å². The molecule has 0 aromatic carbocycles. The smallest absolute Gasteiger partial charge is 0.115 e. The van der Waals surface area contributed by atoms with Crippen LogP contribution in [0.3, 0.4) is 0 Å². The molecule has 1 N–H and O–H groups in total. The van der Waals surface area contributed by atoms with Gasteiger partial charge in [-0.1, -0.05) is 38.0 Å². The van der Waals surface area contributed by atoms with Gasteiger partial charge in [0.1, 0.15) is 5.76 Å². The predicted molar refractivity (Wildman–Crippen MR) is 85.5 cm³/mol. The van der Waals surface area contributed by atoms with Crippen LogP contribution in [0.4, 0.5) is 0 Å². The lowest BCUT2D eigenvalue weighted by atomic mass is 9.83. The molecule has 2 heteroatoms. The van der Waals surface area contributed by atoms with Crippen LogP contribution in [-0.4, -0.2) is 19.7 Å². The molecule has 0 aromatic rings. The fourth-order valence-electron chi connectivity index (χ4n) is 2.89. The van der Waals surface area contributed by atoms with Crippen LogP contribution in [0.25, 0.3) is 0 Å². The van der Waals surface area contributed by atoms with Crippen LogP contribution in [0.15, 0.2) is 36.1 Å². The van der Waals surface area contributed by atoms with Crippen LogP contribution >= 0.6 is 0 Å². The van der Waals surface area contributed by atoms with E-state index in [-0.39, 0.29) is 0 Å². The van der Waals surface area contributed by atoms with E-state index in [0.717, 1.165) is 43.6 Å². The molecule has 0 bridgehead atoms. The molecule has 0 radical (unpaired) electrons. The fourth-order valence-corrected chi connectivity index (χ4v) is 2.89. The van der Waals surface area contributed by atoms with Gasteiger partial charge in [-0.05, 0) is 62.8 Å². The molecular formula is C18H29NO. The summed E-state index contributed by atoms with van der Waals surface area (Å²) in [6, 6.07) is 0. The molecule has 0 aliphatic heterocycles. The second kappa shape index (κ2) is 9.02. The molecule has 0 saturated heterocycles. The molecule has 1 saturated carbocycles. The van der Waals surface area contributed by atoms with Crippen molar-refractivity contribution >= 4 is 0 Å². The van der Waals surface area contributed by atoms with Crippen LogP contribution in [0.2, 0.25) is 0 Å². The molecule has 0 atom stereocenters. The van der Waals surface area contributed by atoms with E-state index in [1.165, 1.54) is 32.2 Å². The normalized spacial score (nSPS) is 26.1. The van der Waals surface area contributed by atoms with E-state index in [9.17, 15) is 0 Å². The summed E-state index contributed by atoms with van der Waals surface area (Å²) in [6.07, 6.45) is 18.2. The second-order valence-electron chi connectivity index (χ2n) is 6.16. The number of nitrogens with one attached hydrogen (secondary N) is 1. The van der Waals surface area contributed by atoms with Crippen molar-refractivity contribution in [1.82, 2.24) is 5.32 Å². The van der Waals surface area contributed by atoms with E-state index in [1.807, 2.05) is 12.2 Å². The Bertz CT molecular complexity index is 348. The van der Waals surface area contributed by atoms with Crippen LogP contribution < -0.4 is 5.32 Å². The number of rotatable bonds is 7. The van der Waals surface area contributed by atoms with Crippen molar-refractivity contribution in [3.05, 3.63) is 36.1 Å². The van der Waals surface area contributed by atoms with Gasteiger partial charge in [-0.15, -0.1) is 0 Å². The number of ether oxygens (including phenoxy) is 1. The fraction of sp³-hybridized carbons (Fsp3) is 0.667. The summed E-state index contributed by atoms with van der Waals surface area (Å²) in [5.74, 6) is 2.87. The lowest BCUT2D eigenvalue weighted by molar-refractivity contribution is 0.216. The molecule has 0 spiro atoms. The van der Waals surface area contributed by atoms with Gasteiger partial charge >= 0.3 is 0 Å². The number of hydrogen-bond acceptors (Lipinski definition) is 2. The first-order chi connectivity index (χ1) is 9.84. The highest BCUT2D eigenvalue weighted by molar-refractivity contribution is 5.21. The Morgan fingerprint density at radius 2 is 2.05 bits per heavy atom. The SMILES string of the molecule is CC1CCC(CNCCCOC2=CCC=CC=C2)CC1. The van der Waals surface area contributed by atoms with E-state index < -0.39 is 0 Å². The summed E-state index contributed by atoms with van der Waals surface area (Å²) in [4.78, 5) is 0. The maximum absolute atomic E-state index is 5.76. The average Bonchev–Trinajstić information content (AvgIpc) is 2.73. The zero-order valence-corrected chi connectivity index (χ0v) is 12.8. The summed E-state index contributed by atoms with van der Waals surface area (Å²) in [5, 5.41) is 3.59. The summed E-state index contributed by atoms with van der Waals surface area (Å²) in [7, 11) is 0. The number of allylic oxidation sites excluding steroid dienone is 5. The predicted octanol–water partition coefficient (Wildman–Crippen LogP) is 4.21. The Balaban J connectivity index is 1.47. The third kappa shape index (κ3) is 5.96. The van der Waals surface area contributed by atoms with Gasteiger partial charge in [-0.2, -0.15) is 0 Å². The Labute approximate surface area is 124 Å². The highest BCUT2D eigenvalue weighted by atomic mass is 16.5. The van der Waals surface area contributed by atoms with Gasteiger partial charge in [-0.3, -0.25) is 0 Å². The average molecular weight is 275 g/mol. The summed E-state index contributed by atoms with van der Waals surface area (Å²) in [6.45, 7) is 5.46. The topological polar surface area (TPSA) is 21.3 Å². The highest BCUT2D eigenvalue weighted by Crippen LogP contribution is 2.27. The molecular weight excluding hydrogens is 246 g/mol. The monoisotopic (exact) mass is 275 g/mol. The van der Waals surface area contributed by atoms with Crippen molar-refractivity contribution in [3.63, 3.8) is 0 Å². The first-order valence-corrected chi connectivity index (χ1v) is 8.21. The van der Waals surface area contributed by atoms with Crippen molar-refractivity contribution in [2.24, 2.45) is 11.8 Å². The Hall–Kier alpha value is -1.02. The van der Waals surface area contributed by atoms with Crippen LogP contribution in [0.1, 0.15) is 45.4 Å². The lowest BCUT2D eigenvalue weighted by Gasteiger charge is -2.26.